The van der Waals surface area contributed by atoms with E-state index in [0.29, 0.717) is 6.54 Å². The summed E-state index contributed by atoms with van der Waals surface area (Å²) in [5.41, 5.74) is 7.65. The molecule has 3 rings (SSSR count). The molecule has 2 heterocycles. The third kappa shape index (κ3) is 2.98. The van der Waals surface area contributed by atoms with Crippen molar-refractivity contribution in [3.8, 4) is 5.69 Å². The lowest BCUT2D eigenvalue weighted by Gasteiger charge is -2.01. The van der Waals surface area contributed by atoms with Gasteiger partial charge in [0.15, 0.2) is 5.16 Å². The topological polar surface area (TPSA) is 74.6 Å². The van der Waals surface area contributed by atoms with Crippen molar-refractivity contribution in [3.63, 3.8) is 0 Å². The molecule has 0 atom stereocenters. The number of nitrogens with two attached hydrogens (primary N) is 1. The molecule has 0 amide bonds. The molecule has 0 spiro atoms. The molecule has 0 fully saturated rings. The molecule has 0 aliphatic carbocycles. The number of nitrogens with zero attached hydrogens (tertiary/aromatic N) is 5. The van der Waals surface area contributed by atoms with Gasteiger partial charge in [-0.3, -0.25) is 0 Å². The Labute approximate surface area is 127 Å². The first-order valence-corrected chi connectivity index (χ1v) is 7.57. The first-order chi connectivity index (χ1) is 10.3. The lowest BCUT2D eigenvalue weighted by Crippen LogP contribution is -2.05. The van der Waals surface area contributed by atoms with Crippen molar-refractivity contribution in [2.45, 2.75) is 17.5 Å². The van der Waals surface area contributed by atoms with Crippen molar-refractivity contribution in [1.82, 2.24) is 24.5 Å². The molecule has 1 aromatic carbocycles. The van der Waals surface area contributed by atoms with Gasteiger partial charge in [-0.1, -0.05) is 30.0 Å². The van der Waals surface area contributed by atoms with Crippen LogP contribution in [-0.2, 0) is 19.3 Å². The second-order valence-corrected chi connectivity index (χ2v) is 5.48. The lowest BCUT2D eigenvalue weighted by molar-refractivity contribution is 0.734. The third-order valence-electron chi connectivity index (χ3n) is 3.12. The van der Waals surface area contributed by atoms with Gasteiger partial charge in [0.1, 0.15) is 5.82 Å². The fourth-order valence-corrected chi connectivity index (χ4v) is 2.78. The Morgan fingerprint density at radius 2 is 1.95 bits per heavy atom. The second kappa shape index (κ2) is 6.11. The summed E-state index contributed by atoms with van der Waals surface area (Å²) in [6, 6.07) is 12.1. The van der Waals surface area contributed by atoms with Gasteiger partial charge in [-0.2, -0.15) is 5.10 Å². The van der Waals surface area contributed by atoms with Crippen LogP contribution in [0.3, 0.4) is 0 Å². The largest absolute Gasteiger partial charge is 0.324 e. The molecule has 7 heteroatoms. The molecule has 6 nitrogen and oxygen atoms in total. The van der Waals surface area contributed by atoms with E-state index < -0.39 is 0 Å². The molecule has 3 aromatic rings. The molecule has 0 aliphatic rings. The molecule has 0 unspecified atom stereocenters. The van der Waals surface area contributed by atoms with Gasteiger partial charge < -0.3 is 10.3 Å². The number of para-hydroxylation sites is 1. The molecule has 21 heavy (non-hydrogen) atoms. The highest BCUT2D eigenvalue weighted by molar-refractivity contribution is 7.98. The second-order valence-electron chi connectivity index (χ2n) is 4.54. The summed E-state index contributed by atoms with van der Waals surface area (Å²) in [5.74, 6) is 1.53. The van der Waals surface area contributed by atoms with Crippen molar-refractivity contribution in [2.24, 2.45) is 12.8 Å². The highest BCUT2D eigenvalue weighted by atomic mass is 32.2. The van der Waals surface area contributed by atoms with Gasteiger partial charge in [0.05, 0.1) is 17.9 Å². The van der Waals surface area contributed by atoms with Crippen LogP contribution in [0.2, 0.25) is 0 Å². The molecule has 0 saturated carbocycles. The zero-order chi connectivity index (χ0) is 14.7. The van der Waals surface area contributed by atoms with Crippen LogP contribution in [0.4, 0.5) is 0 Å². The maximum Gasteiger partial charge on any atom is 0.191 e. The van der Waals surface area contributed by atoms with Gasteiger partial charge in [0, 0.05) is 19.0 Å². The van der Waals surface area contributed by atoms with Crippen molar-refractivity contribution in [1.29, 1.82) is 0 Å². The highest BCUT2D eigenvalue weighted by Crippen LogP contribution is 2.20. The first-order valence-electron chi connectivity index (χ1n) is 6.59. The zero-order valence-electron chi connectivity index (χ0n) is 11.7. The van der Waals surface area contributed by atoms with Crippen LogP contribution in [0.1, 0.15) is 11.5 Å². The lowest BCUT2D eigenvalue weighted by atomic mass is 10.3. The summed E-state index contributed by atoms with van der Waals surface area (Å²) in [6.45, 7) is 0.396. The van der Waals surface area contributed by atoms with Crippen molar-refractivity contribution in [2.75, 3.05) is 0 Å². The van der Waals surface area contributed by atoms with Crippen LogP contribution in [0.5, 0.6) is 0 Å². The van der Waals surface area contributed by atoms with E-state index >= 15 is 0 Å². The zero-order valence-corrected chi connectivity index (χ0v) is 12.5. The SMILES string of the molecule is Cn1c(CN)nnc1SCc1ccn(-c2ccccc2)n1. The van der Waals surface area contributed by atoms with Gasteiger partial charge in [-0.15, -0.1) is 10.2 Å². The molecule has 0 bridgehead atoms. The molecular weight excluding hydrogens is 284 g/mol. The van der Waals surface area contributed by atoms with E-state index in [9.17, 15) is 0 Å². The standard InChI is InChI=1S/C14H16N6S/c1-19-13(9-15)16-17-14(19)21-10-11-7-8-20(18-11)12-5-3-2-4-6-12/h2-8H,9-10,15H2,1H3. The summed E-state index contributed by atoms with van der Waals surface area (Å²) in [7, 11) is 1.92. The molecule has 0 aliphatic heterocycles. The molecule has 2 N–H and O–H groups in total. The summed E-state index contributed by atoms with van der Waals surface area (Å²) in [6.07, 6.45) is 1.97. The van der Waals surface area contributed by atoms with E-state index in [0.717, 1.165) is 28.1 Å². The van der Waals surface area contributed by atoms with Crippen LogP contribution >= 0.6 is 11.8 Å². The van der Waals surface area contributed by atoms with E-state index in [-0.39, 0.29) is 0 Å². The van der Waals surface area contributed by atoms with Crippen molar-refractivity contribution in [3.05, 3.63) is 54.1 Å². The van der Waals surface area contributed by atoms with Crippen molar-refractivity contribution < 1.29 is 0 Å². The average Bonchev–Trinajstić information content (AvgIpc) is 3.13. The summed E-state index contributed by atoms with van der Waals surface area (Å²) < 4.78 is 3.79. The van der Waals surface area contributed by atoms with Gasteiger partial charge in [-0.05, 0) is 18.2 Å². The van der Waals surface area contributed by atoms with E-state index in [4.69, 9.17) is 5.73 Å². The Morgan fingerprint density at radius 3 is 2.67 bits per heavy atom. The predicted molar refractivity (Wildman–Crippen MR) is 82.0 cm³/mol. The maximum atomic E-state index is 5.59. The van der Waals surface area contributed by atoms with Crippen LogP contribution < -0.4 is 5.73 Å². The minimum absolute atomic E-state index is 0.396. The van der Waals surface area contributed by atoms with Gasteiger partial charge >= 0.3 is 0 Å². The fourth-order valence-electron chi connectivity index (χ4n) is 1.95. The number of aromatic nitrogens is 5. The molecular formula is C14H16N6S. The average molecular weight is 300 g/mol. The summed E-state index contributed by atoms with van der Waals surface area (Å²) >= 11 is 1.60. The Kier molecular flexibility index (Phi) is 4.03. The van der Waals surface area contributed by atoms with Crippen LogP contribution in [0.15, 0.2) is 47.8 Å². The normalized spacial score (nSPS) is 11.0. The number of rotatable bonds is 5. The van der Waals surface area contributed by atoms with Gasteiger partial charge in [0.25, 0.3) is 0 Å². The molecule has 108 valence electrons. The summed E-state index contributed by atoms with van der Waals surface area (Å²) in [4.78, 5) is 0. The van der Waals surface area contributed by atoms with Crippen LogP contribution in [0, 0.1) is 0 Å². The predicted octanol–water partition coefficient (Wildman–Crippen LogP) is 1.75. The van der Waals surface area contributed by atoms with Crippen LogP contribution in [0.25, 0.3) is 5.69 Å². The Bertz CT molecular complexity index is 718. The third-order valence-corrected chi connectivity index (χ3v) is 4.18. The van der Waals surface area contributed by atoms with Gasteiger partial charge in [-0.25, -0.2) is 4.68 Å². The Morgan fingerprint density at radius 1 is 1.14 bits per heavy atom. The number of thioether (sulfide) groups is 1. The Hall–Kier alpha value is -2.12. The van der Waals surface area contributed by atoms with E-state index in [1.54, 1.807) is 11.8 Å². The molecule has 2 aromatic heterocycles. The van der Waals surface area contributed by atoms with Crippen molar-refractivity contribution >= 4 is 11.8 Å². The van der Waals surface area contributed by atoms with E-state index in [2.05, 4.69) is 15.3 Å². The number of hydrogen-bond donors (Lipinski definition) is 1. The fraction of sp³-hybridized carbons (Fsp3) is 0.214. The smallest absolute Gasteiger partial charge is 0.191 e. The minimum Gasteiger partial charge on any atom is -0.324 e. The van der Waals surface area contributed by atoms with Gasteiger partial charge in [0.2, 0.25) is 0 Å². The monoisotopic (exact) mass is 300 g/mol. The van der Waals surface area contributed by atoms with Crippen LogP contribution in [-0.4, -0.2) is 24.5 Å². The number of hydrogen-bond acceptors (Lipinski definition) is 5. The molecule has 0 saturated heterocycles. The quantitative estimate of drug-likeness (QED) is 0.727. The van der Waals surface area contributed by atoms with E-state index in [1.165, 1.54) is 0 Å². The highest BCUT2D eigenvalue weighted by Gasteiger charge is 2.09. The summed E-state index contributed by atoms with van der Waals surface area (Å²) in [5, 5.41) is 13.6. The number of benzene rings is 1. The minimum atomic E-state index is 0.396. The van der Waals surface area contributed by atoms with E-state index in [1.807, 2.05) is 58.9 Å². The first kappa shape index (κ1) is 13.8. The Balaban J connectivity index is 1.69. The maximum absolute atomic E-state index is 5.59. The molecule has 0 radical (unpaired) electrons.